The molecular formula is C23H26N4O3S. The van der Waals surface area contributed by atoms with Gasteiger partial charge in [0.25, 0.3) is 0 Å². The van der Waals surface area contributed by atoms with Crippen molar-refractivity contribution in [2.75, 3.05) is 12.5 Å². The fourth-order valence-corrected chi connectivity index (χ4v) is 4.27. The Labute approximate surface area is 186 Å². The average molecular weight is 439 g/mol. The van der Waals surface area contributed by atoms with Crippen LogP contribution in [0.2, 0.25) is 0 Å². The zero-order chi connectivity index (χ0) is 21.8. The molecule has 0 radical (unpaired) electrons. The average Bonchev–Trinajstić information content (AvgIpc) is 3.39. The largest absolute Gasteiger partial charge is 0.454 e. The molecule has 1 aliphatic rings. The maximum atomic E-state index is 12.6. The van der Waals surface area contributed by atoms with Crippen LogP contribution >= 0.6 is 11.8 Å². The van der Waals surface area contributed by atoms with Crippen LogP contribution in [-0.2, 0) is 11.3 Å². The summed E-state index contributed by atoms with van der Waals surface area (Å²) in [7, 11) is 0. The quantitative estimate of drug-likeness (QED) is 0.527. The predicted octanol–water partition coefficient (Wildman–Crippen LogP) is 4.36. The van der Waals surface area contributed by atoms with Gasteiger partial charge in [0.15, 0.2) is 22.5 Å². The molecule has 0 unspecified atom stereocenters. The van der Waals surface area contributed by atoms with Crippen LogP contribution in [-0.4, -0.2) is 33.2 Å². The smallest absolute Gasteiger partial charge is 0.231 e. The van der Waals surface area contributed by atoms with Gasteiger partial charge in [0, 0.05) is 12.1 Å². The predicted molar refractivity (Wildman–Crippen MR) is 120 cm³/mol. The number of carbonyl (C=O) groups is 1. The highest BCUT2D eigenvalue weighted by molar-refractivity contribution is 7.99. The van der Waals surface area contributed by atoms with Crippen molar-refractivity contribution in [3.8, 4) is 22.9 Å². The molecule has 3 aromatic rings. The van der Waals surface area contributed by atoms with E-state index in [4.69, 9.17) is 9.47 Å². The molecule has 2 aromatic carbocycles. The van der Waals surface area contributed by atoms with Crippen molar-refractivity contribution in [3.05, 3.63) is 53.6 Å². The third kappa shape index (κ3) is 4.85. The molecule has 0 spiro atoms. The molecule has 0 saturated carbocycles. The van der Waals surface area contributed by atoms with Crippen molar-refractivity contribution in [1.29, 1.82) is 0 Å². The minimum atomic E-state index is -0.140. The maximum Gasteiger partial charge on any atom is 0.231 e. The summed E-state index contributed by atoms with van der Waals surface area (Å²) in [5.74, 6) is 2.49. The Morgan fingerprint density at radius 1 is 1.19 bits per heavy atom. The molecule has 1 aromatic heterocycles. The summed E-state index contributed by atoms with van der Waals surface area (Å²) in [6.45, 7) is 7.17. The van der Waals surface area contributed by atoms with Crippen LogP contribution in [0.15, 0.2) is 47.6 Å². The number of nitrogens with zero attached hydrogens (tertiary/aromatic N) is 3. The Bertz CT molecular complexity index is 1080. The van der Waals surface area contributed by atoms with E-state index in [2.05, 4.69) is 46.1 Å². The first-order chi connectivity index (χ1) is 15.0. The zero-order valence-corrected chi connectivity index (χ0v) is 18.7. The lowest BCUT2D eigenvalue weighted by atomic mass is 10.1. The van der Waals surface area contributed by atoms with Gasteiger partial charge in [-0.1, -0.05) is 48.5 Å². The van der Waals surface area contributed by atoms with Crippen molar-refractivity contribution in [3.63, 3.8) is 0 Å². The topological polar surface area (TPSA) is 78.3 Å². The maximum absolute atomic E-state index is 12.6. The van der Waals surface area contributed by atoms with E-state index >= 15 is 0 Å². The summed E-state index contributed by atoms with van der Waals surface area (Å²) in [6.07, 6.45) is 0.956. The lowest BCUT2D eigenvalue weighted by molar-refractivity contribution is -0.119. The van der Waals surface area contributed by atoms with Gasteiger partial charge in [0.2, 0.25) is 12.7 Å². The molecule has 2 heterocycles. The third-order valence-electron chi connectivity index (χ3n) is 5.05. The Morgan fingerprint density at radius 3 is 2.84 bits per heavy atom. The third-order valence-corrected chi connectivity index (χ3v) is 6.01. The fraction of sp³-hybridized carbons (Fsp3) is 0.348. The lowest BCUT2D eigenvalue weighted by Crippen LogP contribution is -2.28. The van der Waals surface area contributed by atoms with Crippen molar-refractivity contribution >= 4 is 17.7 Å². The second kappa shape index (κ2) is 9.43. The van der Waals surface area contributed by atoms with Gasteiger partial charge in [-0.15, -0.1) is 10.2 Å². The number of aromatic nitrogens is 3. The molecule has 0 aliphatic carbocycles. The van der Waals surface area contributed by atoms with Crippen LogP contribution in [0.1, 0.15) is 37.4 Å². The second-order valence-electron chi connectivity index (χ2n) is 7.52. The molecule has 1 amide bonds. The van der Waals surface area contributed by atoms with E-state index in [1.807, 2.05) is 37.3 Å². The van der Waals surface area contributed by atoms with Gasteiger partial charge in [0.05, 0.1) is 11.8 Å². The van der Waals surface area contributed by atoms with Gasteiger partial charge in [-0.25, -0.2) is 0 Å². The number of hydrogen-bond acceptors (Lipinski definition) is 6. The van der Waals surface area contributed by atoms with E-state index in [9.17, 15) is 4.79 Å². The summed E-state index contributed by atoms with van der Waals surface area (Å²) in [5, 5.41) is 12.6. The lowest BCUT2D eigenvalue weighted by Gasteiger charge is -2.15. The van der Waals surface area contributed by atoms with Gasteiger partial charge in [0.1, 0.15) is 0 Å². The van der Waals surface area contributed by atoms with Crippen LogP contribution in [0, 0.1) is 6.92 Å². The number of fused-ring (bicyclic) bond motifs is 1. The Hall–Kier alpha value is -3.00. The van der Waals surface area contributed by atoms with Crippen LogP contribution in [0.3, 0.4) is 0 Å². The van der Waals surface area contributed by atoms with E-state index < -0.39 is 0 Å². The minimum absolute atomic E-state index is 0.0571. The van der Waals surface area contributed by atoms with Gasteiger partial charge in [-0.2, -0.15) is 0 Å². The van der Waals surface area contributed by atoms with Gasteiger partial charge >= 0.3 is 0 Å². The second-order valence-corrected chi connectivity index (χ2v) is 8.46. The molecule has 1 atom stereocenters. The molecule has 1 aliphatic heterocycles. The molecule has 31 heavy (non-hydrogen) atoms. The van der Waals surface area contributed by atoms with Gasteiger partial charge in [-0.05, 0) is 44.0 Å². The normalized spacial score (nSPS) is 13.3. The molecule has 0 fully saturated rings. The van der Waals surface area contributed by atoms with E-state index in [0.717, 1.165) is 40.8 Å². The minimum Gasteiger partial charge on any atom is -0.454 e. The highest BCUT2D eigenvalue weighted by Crippen LogP contribution is 2.34. The number of aryl methyl sites for hydroxylation is 1. The molecule has 1 N–H and O–H groups in total. The number of hydrogen-bond donors (Lipinski definition) is 1. The molecule has 4 rings (SSSR count). The number of carbonyl (C=O) groups excluding carboxylic acids is 1. The molecular weight excluding hydrogens is 412 g/mol. The highest BCUT2D eigenvalue weighted by Gasteiger charge is 2.18. The van der Waals surface area contributed by atoms with Crippen LogP contribution < -0.4 is 14.8 Å². The number of ether oxygens (including phenoxy) is 2. The molecule has 162 valence electrons. The Morgan fingerprint density at radius 2 is 2.03 bits per heavy atom. The Kier molecular flexibility index (Phi) is 6.46. The first-order valence-corrected chi connectivity index (χ1v) is 11.4. The van der Waals surface area contributed by atoms with Gasteiger partial charge < -0.3 is 19.4 Å². The van der Waals surface area contributed by atoms with E-state index in [0.29, 0.717) is 5.75 Å². The highest BCUT2D eigenvalue weighted by atomic mass is 32.2. The number of nitrogens with one attached hydrogen (secondary N) is 1. The summed E-state index contributed by atoms with van der Waals surface area (Å²) >= 11 is 1.40. The SMILES string of the molecule is CCCn1c(SCC(=O)N[C@@H](C)c2ccc3c(c2)OCO3)nnc1-c1cccc(C)c1. The van der Waals surface area contributed by atoms with E-state index in [-0.39, 0.29) is 24.5 Å². The summed E-state index contributed by atoms with van der Waals surface area (Å²) in [4.78, 5) is 12.6. The summed E-state index contributed by atoms with van der Waals surface area (Å²) in [5.41, 5.74) is 3.18. The number of amides is 1. The first kappa shape index (κ1) is 21.2. The molecule has 8 heteroatoms. The van der Waals surface area contributed by atoms with Crippen molar-refractivity contribution in [2.45, 2.75) is 44.9 Å². The zero-order valence-electron chi connectivity index (χ0n) is 17.9. The summed E-state index contributed by atoms with van der Waals surface area (Å²) in [6, 6.07) is 13.8. The van der Waals surface area contributed by atoms with Gasteiger partial charge in [-0.3, -0.25) is 4.79 Å². The van der Waals surface area contributed by atoms with Crippen molar-refractivity contribution in [1.82, 2.24) is 20.1 Å². The van der Waals surface area contributed by atoms with Crippen LogP contribution in [0.4, 0.5) is 0 Å². The van der Waals surface area contributed by atoms with Crippen molar-refractivity contribution < 1.29 is 14.3 Å². The first-order valence-electron chi connectivity index (χ1n) is 10.4. The monoisotopic (exact) mass is 438 g/mol. The fourth-order valence-electron chi connectivity index (χ4n) is 3.50. The molecule has 0 saturated heterocycles. The molecule has 7 nitrogen and oxygen atoms in total. The van der Waals surface area contributed by atoms with Crippen molar-refractivity contribution in [2.24, 2.45) is 0 Å². The number of thioether (sulfide) groups is 1. The van der Waals surface area contributed by atoms with Crippen LogP contribution in [0.5, 0.6) is 11.5 Å². The number of rotatable bonds is 8. The van der Waals surface area contributed by atoms with E-state index in [1.165, 1.54) is 17.3 Å². The summed E-state index contributed by atoms with van der Waals surface area (Å²) < 4.78 is 12.9. The van der Waals surface area contributed by atoms with E-state index in [1.54, 1.807) is 0 Å². The molecule has 0 bridgehead atoms. The standard InChI is InChI=1S/C23H26N4O3S/c1-4-10-27-22(18-7-5-6-15(2)11-18)25-26-23(27)31-13-21(28)24-16(3)17-8-9-19-20(12-17)30-14-29-19/h5-9,11-12,16H,4,10,13-14H2,1-3H3,(H,24,28)/t16-/m0/s1. The Balaban J connectivity index is 1.41. The number of benzene rings is 2. The van der Waals surface area contributed by atoms with Crippen LogP contribution in [0.25, 0.3) is 11.4 Å².